The zero-order chi connectivity index (χ0) is 28.3. The highest BCUT2D eigenvalue weighted by molar-refractivity contribution is 5.99. The number of rotatable bonds is 9. The number of hydrogen-bond acceptors (Lipinski definition) is 6. The minimum absolute atomic E-state index is 0.0354. The number of aryl methyl sites for hydroxylation is 1. The molecule has 8 nitrogen and oxygen atoms in total. The maximum Gasteiger partial charge on any atom is 0.254 e. The Morgan fingerprint density at radius 3 is 2.62 bits per heavy atom. The Bertz CT molecular complexity index is 1490. The van der Waals surface area contributed by atoms with Gasteiger partial charge >= 0.3 is 0 Å². The number of nitriles is 1. The van der Waals surface area contributed by atoms with Crippen LogP contribution in [-0.4, -0.2) is 58.5 Å². The lowest BCUT2D eigenvalue weighted by molar-refractivity contribution is 0.0669. The highest BCUT2D eigenvalue weighted by atomic mass is 16.5. The molecule has 39 heavy (non-hydrogen) atoms. The summed E-state index contributed by atoms with van der Waals surface area (Å²) in [6.45, 7) is 10.6. The smallest absolute Gasteiger partial charge is 0.254 e. The Balaban J connectivity index is 1.77. The molecule has 0 fully saturated rings. The predicted molar refractivity (Wildman–Crippen MR) is 152 cm³/mol. The van der Waals surface area contributed by atoms with Gasteiger partial charge in [0, 0.05) is 49.7 Å². The molecule has 4 rings (SSSR count). The van der Waals surface area contributed by atoms with Crippen molar-refractivity contribution in [2.45, 2.75) is 46.6 Å². The molecule has 3 aromatic rings. The van der Waals surface area contributed by atoms with Crippen molar-refractivity contribution in [3.05, 3.63) is 80.5 Å². The standard InChI is InChI=1S/C31H37N5O3/c1-7-34(5)12-9-22-15-26(24-10-13-35(6)30(37)20(24)3)25-11-14-36(31(38)27(25)16-22)21(4)28-17-29(39-8-2)23(18-32)19-33-28/h10,13,15-17,19,21H,7-9,11-12,14H2,1-6H3/t21-/m0/s1. The van der Waals surface area contributed by atoms with Gasteiger partial charge in [-0.25, -0.2) is 0 Å². The number of fused-ring (bicyclic) bond motifs is 1. The zero-order valence-corrected chi connectivity index (χ0v) is 23.7. The van der Waals surface area contributed by atoms with Gasteiger partial charge in [0.1, 0.15) is 17.4 Å². The number of hydrogen-bond donors (Lipinski definition) is 0. The van der Waals surface area contributed by atoms with Crippen LogP contribution in [0.25, 0.3) is 11.1 Å². The Morgan fingerprint density at radius 2 is 1.92 bits per heavy atom. The van der Waals surface area contributed by atoms with Crippen molar-refractivity contribution < 1.29 is 9.53 Å². The molecule has 0 saturated heterocycles. The van der Waals surface area contributed by atoms with E-state index in [1.165, 1.54) is 6.20 Å². The number of nitrogens with zero attached hydrogens (tertiary/aromatic N) is 5. The summed E-state index contributed by atoms with van der Waals surface area (Å²) in [6.07, 6.45) is 4.77. The molecule has 0 aliphatic carbocycles. The van der Waals surface area contributed by atoms with Gasteiger partial charge in [-0.15, -0.1) is 0 Å². The Labute approximate surface area is 230 Å². The van der Waals surface area contributed by atoms with Gasteiger partial charge in [0.15, 0.2) is 0 Å². The monoisotopic (exact) mass is 527 g/mol. The first kappa shape index (κ1) is 28.1. The van der Waals surface area contributed by atoms with E-state index in [4.69, 9.17) is 4.74 Å². The van der Waals surface area contributed by atoms with E-state index in [9.17, 15) is 14.9 Å². The Morgan fingerprint density at radius 1 is 1.18 bits per heavy atom. The van der Waals surface area contributed by atoms with E-state index in [0.717, 1.165) is 41.8 Å². The lowest BCUT2D eigenvalue weighted by Gasteiger charge is -2.35. The third-order valence-electron chi connectivity index (χ3n) is 7.73. The molecule has 1 atom stereocenters. The van der Waals surface area contributed by atoms with E-state index in [1.54, 1.807) is 23.9 Å². The van der Waals surface area contributed by atoms with Gasteiger partial charge in [-0.1, -0.05) is 13.0 Å². The van der Waals surface area contributed by atoms with Gasteiger partial charge in [-0.05, 0) is 81.6 Å². The van der Waals surface area contributed by atoms with Crippen molar-refractivity contribution in [3.8, 4) is 22.9 Å². The molecule has 3 heterocycles. The molecule has 0 spiro atoms. The normalized spacial score (nSPS) is 13.8. The second-order valence-electron chi connectivity index (χ2n) is 10.2. The number of ether oxygens (including phenoxy) is 1. The van der Waals surface area contributed by atoms with E-state index in [2.05, 4.69) is 36.0 Å². The fourth-order valence-electron chi connectivity index (χ4n) is 5.16. The summed E-state index contributed by atoms with van der Waals surface area (Å²) in [7, 11) is 3.84. The summed E-state index contributed by atoms with van der Waals surface area (Å²) in [5.41, 5.74) is 6.27. The van der Waals surface area contributed by atoms with Crippen LogP contribution in [0, 0.1) is 18.3 Å². The fraction of sp³-hybridized carbons (Fsp3) is 0.419. The minimum atomic E-state index is -0.304. The largest absolute Gasteiger partial charge is 0.492 e. The van der Waals surface area contributed by atoms with Crippen LogP contribution in [0.4, 0.5) is 0 Å². The first-order chi connectivity index (χ1) is 18.7. The maximum atomic E-state index is 14.0. The second-order valence-corrected chi connectivity index (χ2v) is 10.2. The van der Waals surface area contributed by atoms with Crippen LogP contribution in [0.1, 0.15) is 65.1 Å². The number of amides is 1. The topological polar surface area (TPSA) is 91.5 Å². The van der Waals surface area contributed by atoms with Gasteiger partial charge in [-0.3, -0.25) is 14.6 Å². The van der Waals surface area contributed by atoms with Gasteiger partial charge < -0.3 is 19.1 Å². The summed E-state index contributed by atoms with van der Waals surface area (Å²) in [6, 6.07) is 9.74. The fourth-order valence-corrected chi connectivity index (χ4v) is 5.16. The number of pyridine rings is 2. The van der Waals surface area contributed by atoms with Crippen molar-refractivity contribution >= 4 is 5.91 Å². The van der Waals surface area contributed by atoms with E-state index in [0.29, 0.717) is 47.7 Å². The molecule has 204 valence electrons. The first-order valence-electron chi connectivity index (χ1n) is 13.5. The maximum absolute atomic E-state index is 14.0. The summed E-state index contributed by atoms with van der Waals surface area (Å²) >= 11 is 0. The molecular weight excluding hydrogens is 490 g/mol. The van der Waals surface area contributed by atoms with Crippen molar-refractivity contribution in [1.29, 1.82) is 5.26 Å². The third-order valence-corrected chi connectivity index (χ3v) is 7.73. The summed E-state index contributed by atoms with van der Waals surface area (Å²) < 4.78 is 7.24. The molecule has 0 unspecified atom stereocenters. The van der Waals surface area contributed by atoms with Crippen LogP contribution in [0.2, 0.25) is 0 Å². The molecule has 0 bridgehead atoms. The predicted octanol–water partition coefficient (Wildman–Crippen LogP) is 4.28. The van der Waals surface area contributed by atoms with Crippen LogP contribution in [0.5, 0.6) is 5.75 Å². The molecule has 0 saturated carbocycles. The summed E-state index contributed by atoms with van der Waals surface area (Å²) in [5.74, 6) is 0.425. The molecule has 2 aromatic heterocycles. The van der Waals surface area contributed by atoms with Crippen LogP contribution < -0.4 is 10.3 Å². The van der Waals surface area contributed by atoms with Crippen LogP contribution >= 0.6 is 0 Å². The number of carbonyl (C=O) groups is 1. The zero-order valence-electron chi connectivity index (χ0n) is 23.7. The van der Waals surface area contributed by atoms with E-state index in [-0.39, 0.29) is 17.5 Å². The number of carbonyl (C=O) groups excluding carboxylic acids is 1. The quantitative estimate of drug-likeness (QED) is 0.413. The SMILES string of the molecule is CCOc1cc([C@H](C)N2CCc3c(cc(CCN(C)CC)cc3-c3ccn(C)c(=O)c3C)C2=O)ncc1C#N. The highest BCUT2D eigenvalue weighted by Crippen LogP contribution is 2.36. The van der Waals surface area contributed by atoms with Crippen molar-refractivity contribution in [2.24, 2.45) is 7.05 Å². The van der Waals surface area contributed by atoms with Crippen LogP contribution in [-0.2, 0) is 19.9 Å². The molecule has 1 amide bonds. The Kier molecular flexibility index (Phi) is 8.51. The van der Waals surface area contributed by atoms with Crippen LogP contribution in [0.3, 0.4) is 0 Å². The number of likely N-dealkylation sites (N-methyl/N-ethyl adjacent to an activating group) is 1. The molecule has 1 aliphatic heterocycles. The number of aromatic nitrogens is 2. The highest BCUT2D eigenvalue weighted by Gasteiger charge is 2.32. The van der Waals surface area contributed by atoms with Crippen molar-refractivity contribution in [3.63, 3.8) is 0 Å². The van der Waals surface area contributed by atoms with Gasteiger partial charge in [0.25, 0.3) is 11.5 Å². The van der Waals surface area contributed by atoms with E-state index in [1.807, 2.05) is 37.8 Å². The van der Waals surface area contributed by atoms with Gasteiger partial charge in [0.05, 0.1) is 18.3 Å². The van der Waals surface area contributed by atoms with Crippen molar-refractivity contribution in [1.82, 2.24) is 19.4 Å². The number of benzene rings is 1. The van der Waals surface area contributed by atoms with Crippen molar-refractivity contribution in [2.75, 3.05) is 33.3 Å². The molecule has 1 aromatic carbocycles. The lowest BCUT2D eigenvalue weighted by Crippen LogP contribution is -2.40. The molecule has 8 heteroatoms. The van der Waals surface area contributed by atoms with E-state index < -0.39 is 0 Å². The molecule has 0 radical (unpaired) electrons. The van der Waals surface area contributed by atoms with E-state index >= 15 is 0 Å². The minimum Gasteiger partial charge on any atom is -0.492 e. The first-order valence-corrected chi connectivity index (χ1v) is 13.5. The Hall–Kier alpha value is -3.96. The molecular formula is C31H37N5O3. The third kappa shape index (κ3) is 5.59. The average molecular weight is 528 g/mol. The van der Waals surface area contributed by atoms with Gasteiger partial charge in [-0.2, -0.15) is 5.26 Å². The average Bonchev–Trinajstić information content (AvgIpc) is 2.94. The van der Waals surface area contributed by atoms with Gasteiger partial charge in [0.2, 0.25) is 0 Å². The summed E-state index contributed by atoms with van der Waals surface area (Å²) in [4.78, 5) is 35.4. The molecule has 1 aliphatic rings. The summed E-state index contributed by atoms with van der Waals surface area (Å²) in [5, 5.41) is 9.41. The second kappa shape index (κ2) is 11.8. The lowest BCUT2D eigenvalue weighted by atomic mass is 9.86. The molecule has 0 N–H and O–H groups in total. The van der Waals surface area contributed by atoms with Crippen LogP contribution in [0.15, 0.2) is 41.5 Å².